The molecule has 1 aliphatic rings. The summed E-state index contributed by atoms with van der Waals surface area (Å²) in [6, 6.07) is 16.4. The van der Waals surface area contributed by atoms with Crippen LogP contribution in [0.15, 0.2) is 60.7 Å². The van der Waals surface area contributed by atoms with Gasteiger partial charge in [0.1, 0.15) is 0 Å². The van der Waals surface area contributed by atoms with E-state index in [1.807, 2.05) is 42.5 Å². The number of carbonyl (C=O) groups is 1. The van der Waals surface area contributed by atoms with Crippen molar-refractivity contribution in [2.75, 3.05) is 18.8 Å². The second-order valence-electron chi connectivity index (χ2n) is 6.27. The first-order chi connectivity index (χ1) is 12.5. The summed E-state index contributed by atoms with van der Waals surface area (Å²) in [5.41, 5.74) is 1.66. The van der Waals surface area contributed by atoms with Crippen LogP contribution in [0.1, 0.15) is 22.8 Å². The second kappa shape index (κ2) is 8.06. The predicted molar refractivity (Wildman–Crippen MR) is 105 cm³/mol. The third kappa shape index (κ3) is 4.54. The molecule has 1 heterocycles. The SMILES string of the molecule is O=C(/C=C/c1ccc(Cl)cc1)N1CCC(c2ccccc2)S(=O)(=O)CC1. The van der Waals surface area contributed by atoms with Crippen molar-refractivity contribution >= 4 is 33.4 Å². The van der Waals surface area contributed by atoms with Gasteiger partial charge in [-0.15, -0.1) is 0 Å². The van der Waals surface area contributed by atoms with E-state index in [1.165, 1.54) is 6.08 Å². The van der Waals surface area contributed by atoms with E-state index in [0.29, 0.717) is 18.0 Å². The summed E-state index contributed by atoms with van der Waals surface area (Å²) < 4.78 is 25.2. The summed E-state index contributed by atoms with van der Waals surface area (Å²) in [6.45, 7) is 0.637. The van der Waals surface area contributed by atoms with E-state index in [9.17, 15) is 13.2 Å². The molecule has 2 aromatic rings. The molecule has 0 aliphatic carbocycles. The van der Waals surface area contributed by atoms with Crippen molar-refractivity contribution in [3.8, 4) is 0 Å². The maximum Gasteiger partial charge on any atom is 0.246 e. The number of carbonyl (C=O) groups excluding carboxylic acids is 1. The number of hydrogen-bond donors (Lipinski definition) is 0. The van der Waals surface area contributed by atoms with Gasteiger partial charge in [0.15, 0.2) is 9.84 Å². The van der Waals surface area contributed by atoms with Gasteiger partial charge in [0.2, 0.25) is 5.91 Å². The third-order valence-electron chi connectivity index (χ3n) is 4.51. The monoisotopic (exact) mass is 389 g/mol. The van der Waals surface area contributed by atoms with Crippen molar-refractivity contribution in [1.82, 2.24) is 4.90 Å². The fourth-order valence-corrected chi connectivity index (χ4v) is 4.97. The van der Waals surface area contributed by atoms with E-state index < -0.39 is 15.1 Å². The molecule has 3 rings (SSSR count). The normalized spacial score (nSPS) is 20.0. The zero-order valence-corrected chi connectivity index (χ0v) is 15.8. The number of sulfone groups is 1. The standard InChI is InChI=1S/C20H20ClNO3S/c21-18-9-6-16(7-10-18)8-11-20(23)22-13-12-19(26(24,25)15-14-22)17-4-2-1-3-5-17/h1-11,19H,12-15H2/b11-8+. The Morgan fingerprint density at radius 2 is 1.73 bits per heavy atom. The summed E-state index contributed by atoms with van der Waals surface area (Å²) in [5, 5.41) is 0.0832. The van der Waals surface area contributed by atoms with Crippen molar-refractivity contribution < 1.29 is 13.2 Å². The lowest BCUT2D eigenvalue weighted by molar-refractivity contribution is -0.125. The Kier molecular flexibility index (Phi) is 5.79. The van der Waals surface area contributed by atoms with Crippen LogP contribution in [0.2, 0.25) is 5.02 Å². The van der Waals surface area contributed by atoms with Crippen LogP contribution in [-0.2, 0) is 14.6 Å². The first-order valence-electron chi connectivity index (χ1n) is 8.45. The van der Waals surface area contributed by atoms with E-state index in [-0.39, 0.29) is 18.2 Å². The number of amides is 1. The molecule has 2 aromatic carbocycles. The lowest BCUT2D eigenvalue weighted by Gasteiger charge is -2.18. The van der Waals surface area contributed by atoms with E-state index in [1.54, 1.807) is 23.1 Å². The largest absolute Gasteiger partial charge is 0.338 e. The molecular weight excluding hydrogens is 370 g/mol. The van der Waals surface area contributed by atoms with Gasteiger partial charge < -0.3 is 4.90 Å². The first-order valence-corrected chi connectivity index (χ1v) is 10.5. The molecule has 1 fully saturated rings. The minimum atomic E-state index is -3.28. The van der Waals surface area contributed by atoms with Crippen LogP contribution in [0, 0.1) is 0 Å². The number of halogens is 1. The average Bonchev–Trinajstić information content (AvgIpc) is 2.80. The number of rotatable bonds is 3. The van der Waals surface area contributed by atoms with Gasteiger partial charge in [0, 0.05) is 24.2 Å². The van der Waals surface area contributed by atoms with E-state index in [4.69, 9.17) is 11.6 Å². The summed E-state index contributed by atoms with van der Waals surface area (Å²) in [6.07, 6.45) is 3.61. The summed E-state index contributed by atoms with van der Waals surface area (Å²) >= 11 is 5.85. The molecule has 26 heavy (non-hydrogen) atoms. The number of hydrogen-bond acceptors (Lipinski definition) is 3. The minimum absolute atomic E-state index is 0.0207. The van der Waals surface area contributed by atoms with Gasteiger partial charge in [-0.25, -0.2) is 8.42 Å². The zero-order valence-electron chi connectivity index (χ0n) is 14.2. The predicted octanol–water partition coefficient (Wildman–Crippen LogP) is 3.74. The van der Waals surface area contributed by atoms with Crippen LogP contribution in [0.5, 0.6) is 0 Å². The molecule has 4 nitrogen and oxygen atoms in total. The van der Waals surface area contributed by atoms with Gasteiger partial charge in [0.05, 0.1) is 11.0 Å². The minimum Gasteiger partial charge on any atom is -0.338 e. The van der Waals surface area contributed by atoms with Crippen LogP contribution in [-0.4, -0.2) is 38.1 Å². The smallest absolute Gasteiger partial charge is 0.246 e. The van der Waals surface area contributed by atoms with Gasteiger partial charge >= 0.3 is 0 Å². The van der Waals surface area contributed by atoms with E-state index in [2.05, 4.69) is 0 Å². The maximum atomic E-state index is 12.6. The maximum absolute atomic E-state index is 12.6. The lowest BCUT2D eigenvalue weighted by atomic mass is 10.1. The Balaban J connectivity index is 1.71. The number of benzene rings is 2. The Labute approximate surface area is 159 Å². The highest BCUT2D eigenvalue weighted by Gasteiger charge is 2.32. The molecule has 0 N–H and O–H groups in total. The average molecular weight is 390 g/mol. The second-order valence-corrected chi connectivity index (χ2v) is 9.00. The van der Waals surface area contributed by atoms with Crippen molar-refractivity contribution in [3.63, 3.8) is 0 Å². The fraction of sp³-hybridized carbons (Fsp3) is 0.250. The molecule has 1 aliphatic heterocycles. The van der Waals surface area contributed by atoms with Gasteiger partial charge in [-0.05, 0) is 35.8 Å². The van der Waals surface area contributed by atoms with Crippen LogP contribution in [0.3, 0.4) is 0 Å². The third-order valence-corrected chi connectivity index (χ3v) is 6.89. The van der Waals surface area contributed by atoms with Crippen LogP contribution < -0.4 is 0 Å². The topological polar surface area (TPSA) is 54.5 Å². The molecule has 1 saturated heterocycles. The van der Waals surface area contributed by atoms with E-state index >= 15 is 0 Å². The molecule has 1 amide bonds. The highest BCUT2D eigenvalue weighted by molar-refractivity contribution is 7.91. The summed E-state index contributed by atoms with van der Waals surface area (Å²) in [5.74, 6) is -0.198. The molecular formula is C20H20ClNO3S. The molecule has 1 atom stereocenters. The van der Waals surface area contributed by atoms with Crippen LogP contribution >= 0.6 is 11.6 Å². The number of nitrogens with zero attached hydrogens (tertiary/aromatic N) is 1. The Bertz CT molecular complexity index is 892. The van der Waals surface area contributed by atoms with Crippen molar-refractivity contribution in [3.05, 3.63) is 76.8 Å². The van der Waals surface area contributed by atoms with Crippen molar-refractivity contribution in [2.45, 2.75) is 11.7 Å². The molecule has 0 radical (unpaired) electrons. The fourth-order valence-electron chi connectivity index (χ4n) is 3.05. The van der Waals surface area contributed by atoms with E-state index in [0.717, 1.165) is 11.1 Å². The summed E-state index contributed by atoms with van der Waals surface area (Å²) in [7, 11) is -3.28. The Morgan fingerprint density at radius 1 is 1.04 bits per heavy atom. The zero-order chi connectivity index (χ0) is 18.6. The molecule has 6 heteroatoms. The summed E-state index contributed by atoms with van der Waals surface area (Å²) in [4.78, 5) is 14.1. The Morgan fingerprint density at radius 3 is 2.42 bits per heavy atom. The van der Waals surface area contributed by atoms with Crippen LogP contribution in [0.4, 0.5) is 0 Å². The molecule has 0 spiro atoms. The molecule has 0 saturated carbocycles. The van der Waals surface area contributed by atoms with Crippen molar-refractivity contribution in [1.29, 1.82) is 0 Å². The molecule has 1 unspecified atom stereocenters. The highest BCUT2D eigenvalue weighted by atomic mass is 35.5. The van der Waals surface area contributed by atoms with Gasteiger partial charge in [0.25, 0.3) is 0 Å². The lowest BCUT2D eigenvalue weighted by Crippen LogP contribution is -2.32. The van der Waals surface area contributed by atoms with Gasteiger partial charge in [-0.1, -0.05) is 54.1 Å². The molecule has 0 aromatic heterocycles. The van der Waals surface area contributed by atoms with Crippen molar-refractivity contribution in [2.24, 2.45) is 0 Å². The van der Waals surface area contributed by atoms with Crippen LogP contribution in [0.25, 0.3) is 6.08 Å². The highest BCUT2D eigenvalue weighted by Crippen LogP contribution is 2.29. The Hall–Kier alpha value is -2.11. The first kappa shape index (κ1) is 18.7. The van der Waals surface area contributed by atoms with Gasteiger partial charge in [-0.2, -0.15) is 0 Å². The molecule has 136 valence electrons. The van der Waals surface area contributed by atoms with Gasteiger partial charge in [-0.3, -0.25) is 4.79 Å². The molecule has 0 bridgehead atoms. The quantitative estimate of drug-likeness (QED) is 0.751.